The molecule has 0 bridgehead atoms. The van der Waals surface area contributed by atoms with Gasteiger partial charge in [0.05, 0.1) is 18.3 Å². The van der Waals surface area contributed by atoms with E-state index in [1.807, 2.05) is 16.7 Å². The summed E-state index contributed by atoms with van der Waals surface area (Å²) in [7, 11) is 1.00. The lowest BCUT2D eigenvalue weighted by Crippen LogP contribution is -2.05. The molecule has 0 aliphatic heterocycles. The van der Waals surface area contributed by atoms with Gasteiger partial charge < -0.3 is 14.8 Å². The average molecular weight is 340 g/mol. The minimum Gasteiger partial charge on any atom is -0.400 e. The third-order valence-electron chi connectivity index (χ3n) is 3.11. The Bertz CT molecular complexity index is 775. The van der Waals surface area contributed by atoms with E-state index in [0.717, 1.165) is 23.7 Å². The number of aliphatic hydroxyl groups is 2. The molecule has 0 amide bonds. The number of hydrogen-bond acceptors (Lipinski definition) is 4. The van der Waals surface area contributed by atoms with Gasteiger partial charge in [-0.2, -0.15) is 0 Å². The highest BCUT2D eigenvalue weighted by atomic mass is 35.5. The van der Waals surface area contributed by atoms with Crippen LogP contribution in [0.1, 0.15) is 11.4 Å². The minimum absolute atomic E-state index is 0.146. The van der Waals surface area contributed by atoms with E-state index in [2.05, 4.69) is 9.97 Å². The summed E-state index contributed by atoms with van der Waals surface area (Å²) in [4.78, 5) is 8.39. The Hall–Kier alpha value is -1.66. The molecule has 0 unspecified atom stereocenters. The third-order valence-corrected chi connectivity index (χ3v) is 3.71. The second-order valence-corrected chi connectivity index (χ2v) is 5.22. The number of fused-ring (bicyclic) bond motifs is 1. The molecule has 0 saturated carbocycles. The number of hydrogen-bond donors (Lipinski definition) is 2. The van der Waals surface area contributed by atoms with Crippen molar-refractivity contribution in [1.82, 2.24) is 14.5 Å². The van der Waals surface area contributed by atoms with Crippen molar-refractivity contribution >= 4 is 34.2 Å². The molecular formula is C15H15Cl2N3O2. The number of halogens is 2. The lowest BCUT2D eigenvalue weighted by molar-refractivity contribution is 0.267. The van der Waals surface area contributed by atoms with Crippen LogP contribution < -0.4 is 0 Å². The fourth-order valence-corrected chi connectivity index (χ4v) is 2.54. The van der Waals surface area contributed by atoms with Crippen LogP contribution >= 0.6 is 23.2 Å². The van der Waals surface area contributed by atoms with Gasteiger partial charge in [-0.1, -0.05) is 23.2 Å². The number of nitrogens with zero attached hydrogens (tertiary/aromatic N) is 3. The maximum absolute atomic E-state index is 9.46. The summed E-state index contributed by atoms with van der Waals surface area (Å²) >= 11 is 12.2. The van der Waals surface area contributed by atoms with Gasteiger partial charge >= 0.3 is 0 Å². The van der Waals surface area contributed by atoms with Crippen molar-refractivity contribution in [3.8, 4) is 0 Å². The minimum atomic E-state index is -0.146. The van der Waals surface area contributed by atoms with E-state index in [1.54, 1.807) is 24.5 Å². The molecule has 116 valence electrons. The molecule has 1 aromatic carbocycles. The molecule has 3 rings (SSSR count). The number of aromatic nitrogens is 3. The average Bonchev–Trinajstić information content (AvgIpc) is 2.91. The summed E-state index contributed by atoms with van der Waals surface area (Å²) < 4.78 is 1.91. The zero-order chi connectivity index (χ0) is 16.1. The van der Waals surface area contributed by atoms with E-state index in [1.165, 1.54) is 0 Å². The van der Waals surface area contributed by atoms with Crippen LogP contribution in [0.4, 0.5) is 0 Å². The normalized spacial score (nSPS) is 10.4. The van der Waals surface area contributed by atoms with Crippen LogP contribution in [-0.4, -0.2) is 31.9 Å². The van der Waals surface area contributed by atoms with Crippen molar-refractivity contribution < 1.29 is 10.2 Å². The van der Waals surface area contributed by atoms with Crippen LogP contribution in [0.2, 0.25) is 10.0 Å². The molecule has 0 aliphatic rings. The largest absolute Gasteiger partial charge is 0.400 e. The fourth-order valence-electron chi connectivity index (χ4n) is 2.16. The Morgan fingerprint density at radius 3 is 2.68 bits per heavy atom. The first-order valence-corrected chi connectivity index (χ1v) is 7.23. The van der Waals surface area contributed by atoms with Gasteiger partial charge in [-0.05, 0) is 29.8 Å². The molecule has 5 nitrogen and oxygen atoms in total. The van der Waals surface area contributed by atoms with E-state index in [4.69, 9.17) is 28.3 Å². The lowest BCUT2D eigenvalue weighted by Gasteiger charge is -2.10. The zero-order valence-corrected chi connectivity index (χ0v) is 13.4. The summed E-state index contributed by atoms with van der Waals surface area (Å²) in [6.07, 6.45) is 3.37. The van der Waals surface area contributed by atoms with Crippen molar-refractivity contribution in [3.63, 3.8) is 0 Å². The molecule has 0 aliphatic carbocycles. The molecule has 7 heteroatoms. The van der Waals surface area contributed by atoms with Gasteiger partial charge in [0, 0.05) is 23.4 Å². The Labute approximate surface area is 137 Å². The molecule has 0 radical (unpaired) electrons. The van der Waals surface area contributed by atoms with E-state index in [-0.39, 0.29) is 6.61 Å². The first-order valence-electron chi connectivity index (χ1n) is 6.47. The summed E-state index contributed by atoms with van der Waals surface area (Å²) in [6.45, 7) is 0.350. The summed E-state index contributed by atoms with van der Waals surface area (Å²) in [5.41, 5.74) is 2.53. The van der Waals surface area contributed by atoms with Crippen LogP contribution in [0.5, 0.6) is 0 Å². The van der Waals surface area contributed by atoms with E-state index in [9.17, 15) is 5.11 Å². The Kier molecular flexibility index (Phi) is 5.74. The van der Waals surface area contributed by atoms with Gasteiger partial charge in [-0.15, -0.1) is 0 Å². The van der Waals surface area contributed by atoms with E-state index in [0.29, 0.717) is 22.4 Å². The molecule has 0 fully saturated rings. The van der Waals surface area contributed by atoms with Crippen LogP contribution in [0, 0.1) is 0 Å². The highest BCUT2D eigenvalue weighted by Crippen LogP contribution is 2.24. The number of pyridine rings is 1. The lowest BCUT2D eigenvalue weighted by atomic mass is 10.2. The Morgan fingerprint density at radius 1 is 1.18 bits per heavy atom. The van der Waals surface area contributed by atoms with Gasteiger partial charge in [-0.25, -0.2) is 4.98 Å². The molecule has 2 aromatic heterocycles. The maximum Gasteiger partial charge on any atom is 0.136 e. The molecule has 2 N–H and O–H groups in total. The van der Waals surface area contributed by atoms with Crippen molar-refractivity contribution in [2.24, 2.45) is 0 Å². The summed E-state index contributed by atoms with van der Waals surface area (Å²) in [5, 5.41) is 17.7. The second kappa shape index (κ2) is 7.56. The number of imidazole rings is 1. The first kappa shape index (κ1) is 16.7. The van der Waals surface area contributed by atoms with Crippen LogP contribution in [0.25, 0.3) is 11.0 Å². The quantitative estimate of drug-likeness (QED) is 0.769. The van der Waals surface area contributed by atoms with E-state index < -0.39 is 0 Å². The molecule has 22 heavy (non-hydrogen) atoms. The van der Waals surface area contributed by atoms with Crippen molar-refractivity contribution in [2.45, 2.75) is 13.2 Å². The highest BCUT2D eigenvalue weighted by Gasteiger charge is 2.12. The van der Waals surface area contributed by atoms with Crippen LogP contribution in [-0.2, 0) is 13.2 Å². The number of aliphatic hydroxyl groups excluding tert-OH is 2. The summed E-state index contributed by atoms with van der Waals surface area (Å²) in [5.74, 6) is 0.573. The standard InChI is InChI=1S/C14H11Cl2N3O.CH4O/c15-10-1-2-11(16)9(5-10)7-19-13-3-4-17-6-12(13)18-14(19)8-20;1-2/h1-6,20H,7-8H2;2H,1H3. The topological polar surface area (TPSA) is 71.2 Å². The molecule has 0 atom stereocenters. The maximum atomic E-state index is 9.46. The van der Waals surface area contributed by atoms with Crippen molar-refractivity contribution in [1.29, 1.82) is 0 Å². The number of rotatable bonds is 3. The van der Waals surface area contributed by atoms with Crippen LogP contribution in [0.3, 0.4) is 0 Å². The Balaban J connectivity index is 0.000000847. The molecule has 0 saturated heterocycles. The molecular weight excluding hydrogens is 325 g/mol. The predicted molar refractivity (Wildman–Crippen MR) is 87.2 cm³/mol. The highest BCUT2D eigenvalue weighted by molar-refractivity contribution is 6.33. The van der Waals surface area contributed by atoms with Gasteiger partial charge in [0.1, 0.15) is 17.9 Å². The van der Waals surface area contributed by atoms with Crippen molar-refractivity contribution in [3.05, 3.63) is 58.1 Å². The van der Waals surface area contributed by atoms with Gasteiger partial charge in [0.25, 0.3) is 0 Å². The molecule has 3 aromatic rings. The molecule has 0 spiro atoms. The van der Waals surface area contributed by atoms with Gasteiger partial charge in [-0.3, -0.25) is 4.98 Å². The molecule has 2 heterocycles. The van der Waals surface area contributed by atoms with Gasteiger partial charge in [0.2, 0.25) is 0 Å². The van der Waals surface area contributed by atoms with Gasteiger partial charge in [0.15, 0.2) is 0 Å². The van der Waals surface area contributed by atoms with E-state index >= 15 is 0 Å². The SMILES string of the molecule is CO.OCc1nc2cnccc2n1Cc1cc(Cl)ccc1Cl. The zero-order valence-electron chi connectivity index (χ0n) is 11.9. The monoisotopic (exact) mass is 339 g/mol. The summed E-state index contributed by atoms with van der Waals surface area (Å²) in [6, 6.07) is 7.19. The Morgan fingerprint density at radius 2 is 1.95 bits per heavy atom. The fraction of sp³-hybridized carbons (Fsp3) is 0.200. The third kappa shape index (κ3) is 3.39. The van der Waals surface area contributed by atoms with Crippen molar-refractivity contribution in [2.75, 3.05) is 7.11 Å². The smallest absolute Gasteiger partial charge is 0.136 e. The first-order chi connectivity index (χ1) is 10.7. The number of benzene rings is 1. The predicted octanol–water partition coefficient (Wildman–Crippen LogP) is 2.89. The second-order valence-electron chi connectivity index (χ2n) is 4.37. The van der Waals surface area contributed by atoms with Crippen LogP contribution in [0.15, 0.2) is 36.7 Å².